The number of carbonyl (C=O) groups excluding carboxylic acids is 1. The van der Waals surface area contributed by atoms with E-state index in [-0.39, 0.29) is 12.1 Å². The Hall–Kier alpha value is -0.530. The van der Waals surface area contributed by atoms with Crippen molar-refractivity contribution in [2.24, 2.45) is 5.92 Å². The predicted molar refractivity (Wildman–Crippen MR) is 108 cm³/mol. The van der Waals surface area contributed by atoms with Crippen molar-refractivity contribution in [2.45, 2.75) is 136 Å². The van der Waals surface area contributed by atoms with E-state index in [0.29, 0.717) is 12.3 Å². The van der Waals surface area contributed by atoms with Crippen molar-refractivity contribution in [3.63, 3.8) is 0 Å². The molecule has 2 atom stereocenters. The molecule has 1 aliphatic rings. The van der Waals surface area contributed by atoms with Gasteiger partial charge in [-0.25, -0.2) is 0 Å². The molecule has 0 aromatic heterocycles. The maximum atomic E-state index is 11.9. The molecule has 0 amide bonds. The molecule has 0 bridgehead atoms. The molecule has 1 saturated carbocycles. The summed E-state index contributed by atoms with van der Waals surface area (Å²) in [5.74, 6) is 0.603. The fraction of sp³-hybridized carbons (Fsp3) is 0.957. The second kappa shape index (κ2) is 15.7. The molecular formula is C23H44O2. The van der Waals surface area contributed by atoms with Gasteiger partial charge in [0, 0.05) is 6.42 Å². The first-order valence-electron chi connectivity index (χ1n) is 11.4. The quantitative estimate of drug-likeness (QED) is 0.224. The molecule has 2 unspecified atom stereocenters. The van der Waals surface area contributed by atoms with Gasteiger partial charge >= 0.3 is 5.97 Å². The summed E-state index contributed by atoms with van der Waals surface area (Å²) in [6, 6.07) is 0. The summed E-state index contributed by atoms with van der Waals surface area (Å²) in [6.07, 6.45) is 23.1. The maximum absolute atomic E-state index is 11.9. The van der Waals surface area contributed by atoms with Crippen LogP contribution in [-0.4, -0.2) is 12.1 Å². The standard InChI is InChI=1S/C23H44O2/c1-3-4-5-6-7-8-9-10-11-12-13-14-15-20-23(24)25-22-19-17-16-18-21(22)2/h21-22H,3-20H2,1-2H3. The Balaban J connectivity index is 1.81. The molecule has 0 heterocycles. The summed E-state index contributed by atoms with van der Waals surface area (Å²) in [6.45, 7) is 4.50. The van der Waals surface area contributed by atoms with E-state index in [0.717, 1.165) is 12.8 Å². The second-order valence-corrected chi connectivity index (χ2v) is 8.28. The first kappa shape index (κ1) is 22.5. The fourth-order valence-corrected chi connectivity index (χ4v) is 3.97. The van der Waals surface area contributed by atoms with Crippen molar-refractivity contribution >= 4 is 5.97 Å². The van der Waals surface area contributed by atoms with Gasteiger partial charge in [-0.05, 0) is 31.6 Å². The van der Waals surface area contributed by atoms with E-state index in [9.17, 15) is 4.79 Å². The van der Waals surface area contributed by atoms with Crippen LogP contribution in [0.1, 0.15) is 129 Å². The Bertz CT molecular complexity index is 313. The molecule has 0 aromatic carbocycles. The maximum Gasteiger partial charge on any atom is 0.306 e. The zero-order chi connectivity index (χ0) is 18.2. The minimum atomic E-state index is 0.0434. The Morgan fingerprint density at radius 3 is 1.76 bits per heavy atom. The van der Waals surface area contributed by atoms with Crippen LogP contribution in [0.25, 0.3) is 0 Å². The molecule has 2 heteroatoms. The van der Waals surface area contributed by atoms with Gasteiger partial charge < -0.3 is 4.74 Å². The van der Waals surface area contributed by atoms with Crippen LogP contribution in [0.2, 0.25) is 0 Å². The molecule has 1 fully saturated rings. The van der Waals surface area contributed by atoms with Crippen LogP contribution >= 0.6 is 0 Å². The molecule has 148 valence electrons. The number of rotatable bonds is 15. The highest BCUT2D eigenvalue weighted by atomic mass is 16.5. The minimum absolute atomic E-state index is 0.0434. The van der Waals surface area contributed by atoms with E-state index < -0.39 is 0 Å². The fourth-order valence-electron chi connectivity index (χ4n) is 3.97. The largest absolute Gasteiger partial charge is 0.462 e. The molecule has 0 spiro atoms. The van der Waals surface area contributed by atoms with Crippen LogP contribution < -0.4 is 0 Å². The molecule has 1 rings (SSSR count). The lowest BCUT2D eigenvalue weighted by Crippen LogP contribution is -2.28. The van der Waals surface area contributed by atoms with Crippen LogP contribution in [0, 0.1) is 5.92 Å². The highest BCUT2D eigenvalue weighted by Gasteiger charge is 2.24. The molecule has 2 nitrogen and oxygen atoms in total. The van der Waals surface area contributed by atoms with Crippen LogP contribution in [0.3, 0.4) is 0 Å². The first-order valence-corrected chi connectivity index (χ1v) is 11.4. The Morgan fingerprint density at radius 2 is 1.24 bits per heavy atom. The zero-order valence-electron chi connectivity index (χ0n) is 17.2. The van der Waals surface area contributed by atoms with E-state index in [1.165, 1.54) is 96.3 Å². The van der Waals surface area contributed by atoms with Gasteiger partial charge in [0.1, 0.15) is 6.10 Å². The SMILES string of the molecule is CCCCCCCCCCCCCCCC(=O)OC1CCCCC1C. The molecule has 0 aliphatic heterocycles. The number of ether oxygens (including phenoxy) is 1. The van der Waals surface area contributed by atoms with Crippen molar-refractivity contribution < 1.29 is 9.53 Å². The number of carbonyl (C=O) groups is 1. The predicted octanol–water partition coefficient (Wildman–Crippen LogP) is 7.59. The van der Waals surface area contributed by atoms with Crippen LogP contribution in [0.4, 0.5) is 0 Å². The van der Waals surface area contributed by atoms with E-state index in [1.807, 2.05) is 0 Å². The number of unbranched alkanes of at least 4 members (excludes halogenated alkanes) is 12. The summed E-state index contributed by atoms with van der Waals surface area (Å²) in [5.41, 5.74) is 0. The number of hydrogen-bond donors (Lipinski definition) is 0. The molecule has 1 aliphatic carbocycles. The van der Waals surface area contributed by atoms with Gasteiger partial charge in [-0.2, -0.15) is 0 Å². The lowest BCUT2D eigenvalue weighted by molar-refractivity contribution is -0.153. The Labute approximate surface area is 157 Å². The lowest BCUT2D eigenvalue weighted by Gasteiger charge is -2.28. The average molecular weight is 353 g/mol. The summed E-state index contributed by atoms with van der Waals surface area (Å²) in [5, 5.41) is 0. The summed E-state index contributed by atoms with van der Waals surface area (Å²) in [7, 11) is 0. The topological polar surface area (TPSA) is 26.3 Å². The first-order chi connectivity index (χ1) is 12.2. The monoisotopic (exact) mass is 352 g/mol. The van der Waals surface area contributed by atoms with Crippen molar-refractivity contribution in [1.29, 1.82) is 0 Å². The molecular weight excluding hydrogens is 308 g/mol. The lowest BCUT2D eigenvalue weighted by atomic mass is 9.88. The van der Waals surface area contributed by atoms with Gasteiger partial charge in [0.05, 0.1) is 0 Å². The van der Waals surface area contributed by atoms with Crippen molar-refractivity contribution in [3.05, 3.63) is 0 Å². The van der Waals surface area contributed by atoms with Gasteiger partial charge in [0.2, 0.25) is 0 Å². The van der Waals surface area contributed by atoms with Gasteiger partial charge in [0.25, 0.3) is 0 Å². The van der Waals surface area contributed by atoms with Gasteiger partial charge in [-0.15, -0.1) is 0 Å². The Kier molecular flexibility index (Phi) is 14.1. The molecule has 0 saturated heterocycles. The Morgan fingerprint density at radius 1 is 0.760 bits per heavy atom. The van der Waals surface area contributed by atoms with Crippen LogP contribution in [-0.2, 0) is 9.53 Å². The third-order valence-electron chi connectivity index (χ3n) is 5.80. The van der Waals surface area contributed by atoms with E-state index in [1.54, 1.807) is 0 Å². The molecule has 0 aromatic rings. The van der Waals surface area contributed by atoms with Gasteiger partial charge in [-0.1, -0.05) is 97.3 Å². The van der Waals surface area contributed by atoms with Gasteiger partial charge in [-0.3, -0.25) is 4.79 Å². The molecule has 0 radical (unpaired) electrons. The normalized spacial score (nSPS) is 20.6. The van der Waals surface area contributed by atoms with Crippen molar-refractivity contribution in [3.8, 4) is 0 Å². The zero-order valence-corrected chi connectivity index (χ0v) is 17.2. The highest BCUT2D eigenvalue weighted by molar-refractivity contribution is 5.69. The second-order valence-electron chi connectivity index (χ2n) is 8.28. The van der Waals surface area contributed by atoms with E-state index in [2.05, 4.69) is 13.8 Å². The third kappa shape index (κ3) is 12.5. The van der Waals surface area contributed by atoms with Crippen molar-refractivity contribution in [1.82, 2.24) is 0 Å². The highest BCUT2D eigenvalue weighted by Crippen LogP contribution is 2.26. The summed E-state index contributed by atoms with van der Waals surface area (Å²) < 4.78 is 5.67. The van der Waals surface area contributed by atoms with Crippen molar-refractivity contribution in [2.75, 3.05) is 0 Å². The van der Waals surface area contributed by atoms with Crippen LogP contribution in [0.5, 0.6) is 0 Å². The number of esters is 1. The van der Waals surface area contributed by atoms with E-state index in [4.69, 9.17) is 4.74 Å². The average Bonchev–Trinajstić information content (AvgIpc) is 2.61. The van der Waals surface area contributed by atoms with Gasteiger partial charge in [0.15, 0.2) is 0 Å². The molecule has 25 heavy (non-hydrogen) atoms. The smallest absolute Gasteiger partial charge is 0.306 e. The summed E-state index contributed by atoms with van der Waals surface area (Å²) >= 11 is 0. The van der Waals surface area contributed by atoms with Crippen LogP contribution in [0.15, 0.2) is 0 Å². The molecule has 0 N–H and O–H groups in total. The third-order valence-corrected chi connectivity index (χ3v) is 5.80. The minimum Gasteiger partial charge on any atom is -0.462 e. The number of hydrogen-bond acceptors (Lipinski definition) is 2. The summed E-state index contributed by atoms with van der Waals surface area (Å²) in [4.78, 5) is 11.9. The van der Waals surface area contributed by atoms with E-state index >= 15 is 0 Å².